The van der Waals surface area contributed by atoms with Gasteiger partial charge in [-0.25, -0.2) is 4.39 Å². The highest BCUT2D eigenvalue weighted by atomic mass is 79.9. The van der Waals surface area contributed by atoms with Crippen LogP contribution in [0, 0.1) is 11.7 Å². The summed E-state index contributed by atoms with van der Waals surface area (Å²) in [4.78, 5) is 2.19. The molecule has 0 saturated carbocycles. The lowest BCUT2D eigenvalue weighted by Gasteiger charge is -2.24. The summed E-state index contributed by atoms with van der Waals surface area (Å²) >= 11 is 3.33. The highest BCUT2D eigenvalue weighted by Crippen LogP contribution is 2.32. The molecule has 1 aliphatic rings. The van der Waals surface area contributed by atoms with Crippen LogP contribution >= 0.6 is 15.9 Å². The second-order valence-corrected chi connectivity index (χ2v) is 6.44. The molecule has 1 aromatic rings. The van der Waals surface area contributed by atoms with E-state index in [0.29, 0.717) is 16.7 Å². The van der Waals surface area contributed by atoms with Crippen LogP contribution in [0.3, 0.4) is 0 Å². The lowest BCUT2D eigenvalue weighted by molar-refractivity contribution is 0.435. The molecule has 0 aliphatic carbocycles. The van der Waals surface area contributed by atoms with E-state index in [1.54, 1.807) is 0 Å². The maximum atomic E-state index is 14.5. The lowest BCUT2D eigenvalue weighted by atomic mass is 9.96. The van der Waals surface area contributed by atoms with Gasteiger partial charge in [-0.3, -0.25) is 0 Å². The molecular formula is C16H24BrFN2. The first kappa shape index (κ1) is 15.8. The van der Waals surface area contributed by atoms with Gasteiger partial charge in [0.2, 0.25) is 0 Å². The number of nitrogens with two attached hydrogens (primary N) is 1. The molecule has 0 radical (unpaired) electrons. The van der Waals surface area contributed by atoms with Gasteiger partial charge in [0, 0.05) is 19.6 Å². The van der Waals surface area contributed by atoms with Gasteiger partial charge in [-0.2, -0.15) is 0 Å². The van der Waals surface area contributed by atoms with Gasteiger partial charge in [-0.15, -0.1) is 0 Å². The third-order valence-corrected chi connectivity index (χ3v) is 5.10. The van der Waals surface area contributed by atoms with Crippen LogP contribution < -0.4 is 10.6 Å². The molecular weight excluding hydrogens is 319 g/mol. The Hall–Kier alpha value is -0.610. The van der Waals surface area contributed by atoms with Crippen molar-refractivity contribution in [3.63, 3.8) is 0 Å². The quantitative estimate of drug-likeness (QED) is 0.875. The van der Waals surface area contributed by atoms with Gasteiger partial charge in [0.1, 0.15) is 0 Å². The molecule has 20 heavy (non-hydrogen) atoms. The fourth-order valence-corrected chi connectivity index (χ4v) is 3.58. The number of hydrogen-bond acceptors (Lipinski definition) is 2. The summed E-state index contributed by atoms with van der Waals surface area (Å²) in [5.74, 6) is 0.640. The summed E-state index contributed by atoms with van der Waals surface area (Å²) in [5, 5.41) is 0. The van der Waals surface area contributed by atoms with Crippen LogP contribution in [-0.2, 0) is 6.54 Å². The molecule has 0 bridgehead atoms. The Balaban J connectivity index is 2.14. The first-order valence-electron chi connectivity index (χ1n) is 7.59. The van der Waals surface area contributed by atoms with Crippen molar-refractivity contribution >= 4 is 21.6 Å². The monoisotopic (exact) mass is 342 g/mol. The lowest BCUT2D eigenvalue weighted by Crippen LogP contribution is -2.25. The molecule has 1 unspecified atom stereocenters. The van der Waals surface area contributed by atoms with E-state index in [1.165, 1.54) is 25.7 Å². The minimum Gasteiger partial charge on any atom is -0.369 e. The summed E-state index contributed by atoms with van der Waals surface area (Å²) in [6.07, 6.45) is 6.14. The Kier molecular flexibility index (Phi) is 5.85. The number of hydrogen-bond donors (Lipinski definition) is 1. The van der Waals surface area contributed by atoms with Gasteiger partial charge < -0.3 is 10.6 Å². The maximum Gasteiger partial charge on any atom is 0.160 e. The van der Waals surface area contributed by atoms with Crippen LogP contribution in [-0.4, -0.2) is 13.1 Å². The van der Waals surface area contributed by atoms with Crippen molar-refractivity contribution in [1.29, 1.82) is 0 Å². The molecule has 1 aromatic carbocycles. The van der Waals surface area contributed by atoms with E-state index in [2.05, 4.69) is 27.8 Å². The molecule has 1 aliphatic heterocycles. The number of rotatable bonds is 4. The van der Waals surface area contributed by atoms with Gasteiger partial charge in [0.25, 0.3) is 0 Å². The van der Waals surface area contributed by atoms with Crippen molar-refractivity contribution in [2.24, 2.45) is 11.7 Å². The number of nitrogens with zero attached hydrogens (tertiary/aromatic N) is 1. The summed E-state index contributed by atoms with van der Waals surface area (Å²) in [7, 11) is 0. The van der Waals surface area contributed by atoms with Crippen molar-refractivity contribution in [2.45, 2.75) is 45.6 Å². The van der Waals surface area contributed by atoms with Crippen molar-refractivity contribution in [3.8, 4) is 0 Å². The van der Waals surface area contributed by atoms with Crippen molar-refractivity contribution < 1.29 is 4.39 Å². The maximum absolute atomic E-state index is 14.5. The molecule has 0 spiro atoms. The highest BCUT2D eigenvalue weighted by Gasteiger charge is 2.20. The highest BCUT2D eigenvalue weighted by molar-refractivity contribution is 9.10. The van der Waals surface area contributed by atoms with Gasteiger partial charge in [-0.05, 0) is 52.7 Å². The Morgan fingerprint density at radius 3 is 2.85 bits per heavy atom. The summed E-state index contributed by atoms with van der Waals surface area (Å²) < 4.78 is 15.0. The second kappa shape index (κ2) is 7.41. The summed E-state index contributed by atoms with van der Waals surface area (Å²) in [5.41, 5.74) is 7.15. The first-order valence-corrected chi connectivity index (χ1v) is 8.38. The zero-order valence-electron chi connectivity index (χ0n) is 12.2. The second-order valence-electron chi connectivity index (χ2n) is 5.65. The molecule has 2 rings (SSSR count). The van der Waals surface area contributed by atoms with E-state index >= 15 is 0 Å². The predicted molar refractivity (Wildman–Crippen MR) is 86.5 cm³/mol. The standard InChI is InChI=1S/C16H24BrFN2/c1-2-4-12-5-3-9-20(10-8-12)14-7-6-13(11-19)15(17)16(14)18/h6-7,12H,2-5,8-11,19H2,1H3. The average Bonchev–Trinajstić information content (AvgIpc) is 2.68. The van der Waals surface area contributed by atoms with Crippen molar-refractivity contribution in [1.82, 2.24) is 0 Å². The normalized spacial score (nSPS) is 20.0. The predicted octanol–water partition coefficient (Wildman–Crippen LogP) is 4.45. The van der Waals surface area contributed by atoms with Crippen LogP contribution in [0.15, 0.2) is 16.6 Å². The Bertz CT molecular complexity index is 450. The molecule has 2 nitrogen and oxygen atoms in total. The molecule has 0 aromatic heterocycles. The Morgan fingerprint density at radius 1 is 1.35 bits per heavy atom. The van der Waals surface area contributed by atoms with E-state index < -0.39 is 0 Å². The summed E-state index contributed by atoms with van der Waals surface area (Å²) in [6, 6.07) is 3.80. The van der Waals surface area contributed by atoms with Crippen LogP contribution in [0.2, 0.25) is 0 Å². The molecule has 2 N–H and O–H groups in total. The third-order valence-electron chi connectivity index (χ3n) is 4.25. The largest absolute Gasteiger partial charge is 0.369 e. The number of benzene rings is 1. The van der Waals surface area contributed by atoms with Gasteiger partial charge in [0.15, 0.2) is 5.82 Å². The SMILES string of the molecule is CCCC1CCCN(c2ccc(CN)c(Br)c2F)CC1. The first-order chi connectivity index (χ1) is 9.67. The van der Waals surface area contributed by atoms with E-state index in [-0.39, 0.29) is 5.82 Å². The molecule has 0 amide bonds. The zero-order chi connectivity index (χ0) is 14.5. The van der Waals surface area contributed by atoms with E-state index in [1.807, 2.05) is 12.1 Å². The van der Waals surface area contributed by atoms with Crippen LogP contribution in [0.4, 0.5) is 10.1 Å². The smallest absolute Gasteiger partial charge is 0.160 e. The molecule has 4 heteroatoms. The van der Waals surface area contributed by atoms with Gasteiger partial charge in [-0.1, -0.05) is 25.8 Å². The van der Waals surface area contributed by atoms with Crippen LogP contribution in [0.1, 0.15) is 44.6 Å². The van der Waals surface area contributed by atoms with Crippen LogP contribution in [0.5, 0.6) is 0 Å². The van der Waals surface area contributed by atoms with E-state index in [9.17, 15) is 4.39 Å². The molecule has 1 atom stereocenters. The third kappa shape index (κ3) is 3.53. The number of halogens is 2. The molecule has 1 heterocycles. The Labute approximate surface area is 129 Å². The minimum atomic E-state index is -0.165. The molecule has 1 fully saturated rings. The summed E-state index contributed by atoms with van der Waals surface area (Å²) in [6.45, 7) is 4.50. The minimum absolute atomic E-state index is 0.165. The van der Waals surface area contributed by atoms with Crippen molar-refractivity contribution in [2.75, 3.05) is 18.0 Å². The van der Waals surface area contributed by atoms with Gasteiger partial charge in [0.05, 0.1) is 10.2 Å². The van der Waals surface area contributed by atoms with Gasteiger partial charge >= 0.3 is 0 Å². The molecule has 112 valence electrons. The zero-order valence-corrected chi connectivity index (χ0v) is 13.8. The topological polar surface area (TPSA) is 29.3 Å². The van der Waals surface area contributed by atoms with E-state index in [4.69, 9.17) is 5.73 Å². The Morgan fingerprint density at radius 2 is 2.15 bits per heavy atom. The number of anilines is 1. The average molecular weight is 343 g/mol. The van der Waals surface area contributed by atoms with E-state index in [0.717, 1.165) is 31.0 Å². The fourth-order valence-electron chi connectivity index (χ4n) is 3.08. The van der Waals surface area contributed by atoms with Crippen molar-refractivity contribution in [3.05, 3.63) is 28.0 Å². The molecule has 1 saturated heterocycles. The fraction of sp³-hybridized carbons (Fsp3) is 0.625. The van der Waals surface area contributed by atoms with Crippen LogP contribution in [0.25, 0.3) is 0 Å².